The van der Waals surface area contributed by atoms with E-state index < -0.39 is 0 Å². The highest BCUT2D eigenvalue weighted by Gasteiger charge is 2.25. The SMILES string of the molecule is C=C(C)CC(C)CNCC(=O)NCC(=O)NCc1ccc2c(c1)CB(C#N)C2.CC. The number of fused-ring (bicyclic) bond motifs is 1. The molecule has 1 unspecified atom stereocenters. The summed E-state index contributed by atoms with van der Waals surface area (Å²) in [6.07, 6.45) is 2.52. The number of rotatable bonds is 10. The molecule has 30 heavy (non-hydrogen) atoms. The molecule has 2 amide bonds. The van der Waals surface area contributed by atoms with Gasteiger partial charge >= 0.3 is 0 Å². The average Bonchev–Trinajstić information content (AvgIpc) is 3.14. The van der Waals surface area contributed by atoms with E-state index in [0.717, 1.165) is 36.7 Å². The molecule has 0 fully saturated rings. The Balaban J connectivity index is 0.00000218. The average molecular weight is 410 g/mol. The summed E-state index contributed by atoms with van der Waals surface area (Å²) in [4.78, 5) is 23.8. The van der Waals surface area contributed by atoms with Crippen LogP contribution in [-0.2, 0) is 28.8 Å². The molecule has 0 bridgehead atoms. The molecule has 1 heterocycles. The molecule has 7 heteroatoms. The van der Waals surface area contributed by atoms with E-state index in [2.05, 4.69) is 41.5 Å². The molecule has 162 valence electrons. The first-order valence-electron chi connectivity index (χ1n) is 10.8. The fourth-order valence-electron chi connectivity index (χ4n) is 3.48. The number of nitrogens with zero attached hydrogens (tertiary/aromatic N) is 1. The van der Waals surface area contributed by atoms with Crippen LogP contribution in [0.4, 0.5) is 0 Å². The van der Waals surface area contributed by atoms with Gasteiger partial charge in [0, 0.05) is 12.5 Å². The van der Waals surface area contributed by atoms with Gasteiger partial charge in [-0.2, -0.15) is 0 Å². The number of carbonyl (C=O) groups excluding carboxylic acids is 2. The molecule has 2 rings (SSSR count). The Kier molecular flexibility index (Phi) is 11.5. The van der Waals surface area contributed by atoms with Crippen molar-refractivity contribution in [1.82, 2.24) is 16.0 Å². The second kappa shape index (κ2) is 13.6. The fourth-order valence-corrected chi connectivity index (χ4v) is 3.48. The van der Waals surface area contributed by atoms with Gasteiger partial charge in [0.25, 0.3) is 6.71 Å². The molecule has 0 aliphatic carbocycles. The van der Waals surface area contributed by atoms with Gasteiger partial charge in [0.05, 0.1) is 13.1 Å². The lowest BCUT2D eigenvalue weighted by Crippen LogP contribution is -2.41. The molecule has 3 N–H and O–H groups in total. The van der Waals surface area contributed by atoms with Crippen LogP contribution in [0.3, 0.4) is 0 Å². The van der Waals surface area contributed by atoms with Gasteiger partial charge in [0.2, 0.25) is 11.8 Å². The van der Waals surface area contributed by atoms with Gasteiger partial charge in [-0.1, -0.05) is 55.7 Å². The maximum atomic E-state index is 12.0. The van der Waals surface area contributed by atoms with E-state index in [0.29, 0.717) is 12.5 Å². The van der Waals surface area contributed by atoms with Gasteiger partial charge in [-0.25, -0.2) is 5.26 Å². The van der Waals surface area contributed by atoms with E-state index in [4.69, 9.17) is 5.26 Å². The number of hydrogen-bond acceptors (Lipinski definition) is 4. The molecule has 0 saturated carbocycles. The van der Waals surface area contributed by atoms with Crippen LogP contribution in [0.2, 0.25) is 0 Å². The Labute approximate surface area is 181 Å². The highest BCUT2D eigenvalue weighted by molar-refractivity contribution is 6.66. The molecule has 6 nitrogen and oxygen atoms in total. The monoisotopic (exact) mass is 410 g/mol. The van der Waals surface area contributed by atoms with Crippen LogP contribution in [0.15, 0.2) is 30.4 Å². The summed E-state index contributed by atoms with van der Waals surface area (Å²) < 4.78 is 0. The van der Waals surface area contributed by atoms with Crippen LogP contribution < -0.4 is 16.0 Å². The molecule has 0 radical (unpaired) electrons. The Morgan fingerprint density at radius 1 is 1.17 bits per heavy atom. The van der Waals surface area contributed by atoms with Crippen LogP contribution in [0.5, 0.6) is 0 Å². The van der Waals surface area contributed by atoms with Gasteiger partial charge < -0.3 is 16.0 Å². The number of hydrogen-bond donors (Lipinski definition) is 3. The molecule has 1 atom stereocenters. The first kappa shape index (κ1) is 25.5. The molecule has 0 saturated heterocycles. The molecule has 0 spiro atoms. The van der Waals surface area contributed by atoms with Crippen molar-refractivity contribution < 1.29 is 9.59 Å². The minimum absolute atomic E-state index is 0.0384. The molecular weight excluding hydrogens is 375 g/mol. The Morgan fingerprint density at radius 2 is 1.83 bits per heavy atom. The van der Waals surface area contributed by atoms with E-state index in [-0.39, 0.29) is 31.6 Å². The van der Waals surface area contributed by atoms with Gasteiger partial charge in [-0.15, -0.1) is 6.58 Å². The third-order valence-corrected chi connectivity index (χ3v) is 4.80. The van der Waals surface area contributed by atoms with Crippen molar-refractivity contribution >= 4 is 18.5 Å². The van der Waals surface area contributed by atoms with Crippen LogP contribution in [-0.4, -0.2) is 38.2 Å². The summed E-state index contributed by atoms with van der Waals surface area (Å²) in [5, 5.41) is 17.6. The number of nitrogens with one attached hydrogen (secondary N) is 3. The van der Waals surface area contributed by atoms with Gasteiger partial charge in [-0.3, -0.25) is 9.59 Å². The zero-order valence-electron chi connectivity index (χ0n) is 18.8. The molecular formula is C23H35BN4O2. The summed E-state index contributed by atoms with van der Waals surface area (Å²) >= 11 is 0. The predicted octanol–water partition coefficient (Wildman–Crippen LogP) is 2.37. The van der Waals surface area contributed by atoms with E-state index in [1.807, 2.05) is 32.9 Å². The maximum absolute atomic E-state index is 12.0. The quantitative estimate of drug-likeness (QED) is 0.408. The summed E-state index contributed by atoms with van der Waals surface area (Å²) in [5.74, 6) is 2.32. The van der Waals surface area contributed by atoms with E-state index in [9.17, 15) is 9.59 Å². The van der Waals surface area contributed by atoms with Crippen LogP contribution in [0.25, 0.3) is 0 Å². The van der Waals surface area contributed by atoms with Crippen LogP contribution >= 0.6 is 0 Å². The lowest BCUT2D eigenvalue weighted by molar-refractivity contribution is -0.125. The standard InChI is InChI=1S/C21H29BN4O2.C2H6/c1-15(2)6-16(3)10-24-12-20(27)26-13-21(28)25-11-17-4-5-18-8-22(14-23)9-19(18)7-17;1-2/h4-5,7,16,24H,1,6,8-13H2,2-3H3,(H,25,28)(H,26,27);1-2H3. The maximum Gasteiger partial charge on any atom is 0.276 e. The van der Waals surface area contributed by atoms with E-state index >= 15 is 0 Å². The second-order valence-electron chi connectivity index (χ2n) is 7.79. The summed E-state index contributed by atoms with van der Waals surface area (Å²) in [7, 11) is 0. The first-order valence-corrected chi connectivity index (χ1v) is 10.8. The van der Waals surface area contributed by atoms with Crippen molar-refractivity contribution in [3.05, 3.63) is 47.0 Å². The van der Waals surface area contributed by atoms with E-state index in [1.165, 1.54) is 11.1 Å². The number of amides is 2. The number of nitriles is 1. The Morgan fingerprint density at radius 3 is 2.50 bits per heavy atom. The smallest absolute Gasteiger partial charge is 0.276 e. The Bertz CT molecular complexity index is 773. The predicted molar refractivity (Wildman–Crippen MR) is 123 cm³/mol. The molecule has 1 aliphatic heterocycles. The van der Waals surface area contributed by atoms with Crippen molar-refractivity contribution in [2.24, 2.45) is 5.92 Å². The van der Waals surface area contributed by atoms with Gasteiger partial charge in [0.15, 0.2) is 0 Å². The minimum Gasteiger partial charge on any atom is -0.350 e. The summed E-state index contributed by atoms with van der Waals surface area (Å²) in [6.45, 7) is 13.3. The van der Waals surface area contributed by atoms with Crippen molar-refractivity contribution in [2.75, 3.05) is 19.6 Å². The third-order valence-electron chi connectivity index (χ3n) is 4.80. The highest BCUT2D eigenvalue weighted by atomic mass is 16.2. The third kappa shape index (κ3) is 9.28. The van der Waals surface area contributed by atoms with Crippen molar-refractivity contribution in [1.29, 1.82) is 5.26 Å². The van der Waals surface area contributed by atoms with Crippen molar-refractivity contribution in [3.63, 3.8) is 0 Å². The number of benzene rings is 1. The summed E-state index contributed by atoms with van der Waals surface area (Å²) in [6, 6.07) is 6.07. The van der Waals surface area contributed by atoms with Gasteiger partial charge in [0.1, 0.15) is 0 Å². The zero-order valence-corrected chi connectivity index (χ0v) is 18.8. The zero-order chi connectivity index (χ0) is 22.5. The molecule has 1 aromatic carbocycles. The second-order valence-corrected chi connectivity index (χ2v) is 7.79. The number of carbonyl (C=O) groups is 2. The lowest BCUT2D eigenvalue weighted by Gasteiger charge is -2.12. The summed E-state index contributed by atoms with van der Waals surface area (Å²) in [5.41, 5.74) is 4.55. The molecule has 1 aliphatic rings. The lowest BCUT2D eigenvalue weighted by atomic mass is 9.49. The van der Waals surface area contributed by atoms with Crippen molar-refractivity contribution in [3.8, 4) is 5.97 Å². The highest BCUT2D eigenvalue weighted by Crippen LogP contribution is 2.22. The largest absolute Gasteiger partial charge is 0.350 e. The van der Waals surface area contributed by atoms with Crippen LogP contribution in [0.1, 0.15) is 50.8 Å². The Hall–Kier alpha value is -2.59. The van der Waals surface area contributed by atoms with Crippen molar-refractivity contribution in [2.45, 2.75) is 53.3 Å². The normalized spacial score (nSPS) is 12.7. The fraction of sp³-hybridized carbons (Fsp3) is 0.522. The first-order chi connectivity index (χ1) is 14.4. The molecule has 0 aromatic heterocycles. The molecule has 1 aromatic rings. The minimum atomic E-state index is -0.223. The topological polar surface area (TPSA) is 94.0 Å². The van der Waals surface area contributed by atoms with Crippen LogP contribution in [0, 0.1) is 17.1 Å². The van der Waals surface area contributed by atoms with E-state index in [1.54, 1.807) is 0 Å². The number of allylic oxidation sites excluding steroid dienone is 1. The van der Waals surface area contributed by atoms with Gasteiger partial charge in [-0.05, 0) is 44.0 Å².